The Morgan fingerprint density at radius 3 is 2.62 bits per heavy atom. The van der Waals surface area contributed by atoms with E-state index in [0.29, 0.717) is 32.8 Å². The van der Waals surface area contributed by atoms with Gasteiger partial charge in [0.05, 0.1) is 25.2 Å². The maximum atomic E-state index is 12.3. The number of carboxylic acid groups (broad SMARTS) is 1. The van der Waals surface area contributed by atoms with Crippen molar-refractivity contribution >= 4 is 11.9 Å². The van der Waals surface area contributed by atoms with Crippen molar-refractivity contribution in [3.05, 3.63) is 0 Å². The molecule has 0 aromatic heterocycles. The van der Waals surface area contributed by atoms with Crippen LogP contribution >= 0.6 is 0 Å². The summed E-state index contributed by atoms with van der Waals surface area (Å²) in [5, 5.41) is 12.5. The molecule has 120 valence electrons. The number of rotatable bonds is 5. The molecule has 0 radical (unpaired) electrons. The number of carbonyl (C=O) groups excluding carboxylic acids is 1. The number of nitrogens with zero attached hydrogens (tertiary/aromatic N) is 1. The number of carbonyl (C=O) groups is 2. The molecule has 0 aromatic rings. The van der Waals surface area contributed by atoms with E-state index in [1.165, 1.54) is 0 Å². The van der Waals surface area contributed by atoms with Crippen molar-refractivity contribution in [2.45, 2.75) is 38.6 Å². The zero-order valence-corrected chi connectivity index (χ0v) is 12.7. The van der Waals surface area contributed by atoms with Gasteiger partial charge in [-0.15, -0.1) is 0 Å². The van der Waals surface area contributed by atoms with Crippen LogP contribution in [0.2, 0.25) is 0 Å². The van der Waals surface area contributed by atoms with Gasteiger partial charge in [0.2, 0.25) is 5.91 Å². The zero-order valence-electron chi connectivity index (χ0n) is 12.7. The second kappa shape index (κ2) is 7.75. The van der Waals surface area contributed by atoms with Gasteiger partial charge in [0, 0.05) is 13.1 Å². The summed E-state index contributed by atoms with van der Waals surface area (Å²) in [6.45, 7) is 4.95. The van der Waals surface area contributed by atoms with Crippen LogP contribution in [0.25, 0.3) is 0 Å². The van der Waals surface area contributed by atoms with Gasteiger partial charge < -0.3 is 20.1 Å². The summed E-state index contributed by atoms with van der Waals surface area (Å²) in [7, 11) is 0. The fourth-order valence-electron chi connectivity index (χ4n) is 3.25. The van der Waals surface area contributed by atoms with Gasteiger partial charge in [-0.2, -0.15) is 0 Å². The Balaban J connectivity index is 1.80. The fourth-order valence-corrected chi connectivity index (χ4v) is 3.25. The van der Waals surface area contributed by atoms with Gasteiger partial charge in [-0.3, -0.25) is 9.59 Å². The van der Waals surface area contributed by atoms with Crippen LogP contribution in [0.4, 0.5) is 0 Å². The second-order valence-corrected chi connectivity index (χ2v) is 6.06. The average molecular weight is 298 g/mol. The summed E-state index contributed by atoms with van der Waals surface area (Å²) < 4.78 is 5.25. The molecule has 0 aromatic carbocycles. The van der Waals surface area contributed by atoms with Crippen LogP contribution in [-0.2, 0) is 14.3 Å². The lowest BCUT2D eigenvalue weighted by Gasteiger charge is -2.32. The minimum Gasteiger partial charge on any atom is -0.481 e. The van der Waals surface area contributed by atoms with Crippen molar-refractivity contribution in [3.8, 4) is 0 Å². The lowest BCUT2D eigenvalue weighted by Crippen LogP contribution is -2.50. The highest BCUT2D eigenvalue weighted by molar-refractivity contribution is 5.81. The van der Waals surface area contributed by atoms with E-state index >= 15 is 0 Å². The molecule has 0 bridgehead atoms. The van der Waals surface area contributed by atoms with Crippen molar-refractivity contribution in [2.24, 2.45) is 11.8 Å². The largest absolute Gasteiger partial charge is 0.481 e. The standard InChI is InChI=1S/C15H26N2O4/c1-11(14(18)17-6-8-21-9-7-17)16-10-12-4-2-3-5-13(12)15(19)20/h11-13,16H,2-10H2,1H3,(H,19,20). The highest BCUT2D eigenvalue weighted by Crippen LogP contribution is 2.29. The topological polar surface area (TPSA) is 78.9 Å². The molecular formula is C15H26N2O4. The number of amides is 1. The molecule has 1 aliphatic heterocycles. The molecule has 1 saturated heterocycles. The van der Waals surface area contributed by atoms with E-state index in [-0.39, 0.29) is 23.8 Å². The molecule has 2 fully saturated rings. The molecule has 1 saturated carbocycles. The number of ether oxygens (including phenoxy) is 1. The van der Waals surface area contributed by atoms with E-state index in [9.17, 15) is 14.7 Å². The van der Waals surface area contributed by atoms with Crippen LogP contribution in [0.1, 0.15) is 32.6 Å². The normalized spacial score (nSPS) is 28.1. The average Bonchev–Trinajstić information content (AvgIpc) is 2.52. The number of aliphatic carboxylic acids is 1. The van der Waals surface area contributed by atoms with E-state index in [1.54, 1.807) is 0 Å². The minimum atomic E-state index is -0.700. The third-order valence-electron chi connectivity index (χ3n) is 4.61. The summed E-state index contributed by atoms with van der Waals surface area (Å²) in [5.41, 5.74) is 0. The lowest BCUT2D eigenvalue weighted by atomic mass is 9.79. The Hall–Kier alpha value is -1.14. The molecular weight excluding hydrogens is 272 g/mol. The van der Waals surface area contributed by atoms with Crippen LogP contribution in [0.5, 0.6) is 0 Å². The third kappa shape index (κ3) is 4.41. The molecule has 1 amide bonds. The highest BCUT2D eigenvalue weighted by atomic mass is 16.5. The molecule has 0 spiro atoms. The molecule has 2 aliphatic rings. The van der Waals surface area contributed by atoms with Crippen molar-refractivity contribution in [1.82, 2.24) is 10.2 Å². The zero-order chi connectivity index (χ0) is 15.2. The summed E-state index contributed by atoms with van der Waals surface area (Å²) >= 11 is 0. The van der Waals surface area contributed by atoms with Crippen molar-refractivity contribution in [2.75, 3.05) is 32.8 Å². The van der Waals surface area contributed by atoms with E-state index < -0.39 is 5.97 Å². The van der Waals surface area contributed by atoms with Gasteiger partial charge in [-0.05, 0) is 32.2 Å². The van der Waals surface area contributed by atoms with E-state index in [2.05, 4.69) is 5.32 Å². The maximum Gasteiger partial charge on any atom is 0.306 e. The highest BCUT2D eigenvalue weighted by Gasteiger charge is 2.31. The summed E-state index contributed by atoms with van der Waals surface area (Å²) in [6, 6.07) is -0.264. The Kier molecular flexibility index (Phi) is 5.99. The molecule has 6 heteroatoms. The molecule has 1 aliphatic carbocycles. The van der Waals surface area contributed by atoms with Gasteiger partial charge in [0.1, 0.15) is 0 Å². The first-order valence-corrected chi connectivity index (χ1v) is 7.92. The lowest BCUT2D eigenvalue weighted by molar-refractivity contribution is -0.144. The first-order valence-electron chi connectivity index (χ1n) is 7.92. The number of morpholine rings is 1. The Morgan fingerprint density at radius 1 is 1.29 bits per heavy atom. The SMILES string of the molecule is CC(NCC1CCCCC1C(=O)O)C(=O)N1CCOCC1. The van der Waals surface area contributed by atoms with E-state index in [4.69, 9.17) is 4.74 Å². The van der Waals surface area contributed by atoms with Gasteiger partial charge in [-0.25, -0.2) is 0 Å². The first kappa shape index (κ1) is 16.2. The van der Waals surface area contributed by atoms with Gasteiger partial charge in [-0.1, -0.05) is 12.8 Å². The van der Waals surface area contributed by atoms with E-state index in [0.717, 1.165) is 25.7 Å². The van der Waals surface area contributed by atoms with Crippen LogP contribution in [0, 0.1) is 11.8 Å². The quantitative estimate of drug-likeness (QED) is 0.781. The van der Waals surface area contributed by atoms with Crippen LogP contribution in [0.15, 0.2) is 0 Å². The van der Waals surface area contributed by atoms with Crippen LogP contribution in [0.3, 0.4) is 0 Å². The van der Waals surface area contributed by atoms with Crippen molar-refractivity contribution in [3.63, 3.8) is 0 Å². The van der Waals surface area contributed by atoms with Gasteiger partial charge in [0.15, 0.2) is 0 Å². The minimum absolute atomic E-state index is 0.0842. The summed E-state index contributed by atoms with van der Waals surface area (Å²) in [6.07, 6.45) is 3.77. The molecule has 2 rings (SSSR count). The molecule has 21 heavy (non-hydrogen) atoms. The fraction of sp³-hybridized carbons (Fsp3) is 0.867. The maximum absolute atomic E-state index is 12.3. The second-order valence-electron chi connectivity index (χ2n) is 6.06. The number of hydrogen-bond acceptors (Lipinski definition) is 4. The summed E-state index contributed by atoms with van der Waals surface area (Å²) in [4.78, 5) is 25.4. The molecule has 6 nitrogen and oxygen atoms in total. The number of nitrogens with one attached hydrogen (secondary N) is 1. The van der Waals surface area contributed by atoms with Gasteiger partial charge >= 0.3 is 5.97 Å². The molecule has 3 atom stereocenters. The van der Waals surface area contributed by atoms with Gasteiger partial charge in [0.25, 0.3) is 0 Å². The molecule has 3 unspecified atom stereocenters. The van der Waals surface area contributed by atoms with Crippen molar-refractivity contribution < 1.29 is 19.4 Å². The Bertz CT molecular complexity index is 369. The van der Waals surface area contributed by atoms with E-state index in [1.807, 2.05) is 11.8 Å². The van der Waals surface area contributed by atoms with Crippen LogP contribution < -0.4 is 5.32 Å². The molecule has 1 heterocycles. The van der Waals surface area contributed by atoms with Crippen LogP contribution in [-0.4, -0.2) is 60.8 Å². The third-order valence-corrected chi connectivity index (χ3v) is 4.61. The monoisotopic (exact) mass is 298 g/mol. The summed E-state index contributed by atoms with van der Waals surface area (Å²) in [5.74, 6) is -0.747. The first-order chi connectivity index (χ1) is 10.1. The number of hydrogen-bond donors (Lipinski definition) is 2. The number of carboxylic acids is 1. The molecule has 2 N–H and O–H groups in total. The predicted octanol–water partition coefficient (Wildman–Crippen LogP) is 0.714. The predicted molar refractivity (Wildman–Crippen MR) is 77.9 cm³/mol. The smallest absolute Gasteiger partial charge is 0.306 e. The van der Waals surface area contributed by atoms with Crippen molar-refractivity contribution in [1.29, 1.82) is 0 Å². The Morgan fingerprint density at radius 2 is 1.95 bits per heavy atom. The Labute approximate surface area is 125 Å².